The van der Waals surface area contributed by atoms with Gasteiger partial charge in [0.1, 0.15) is 0 Å². The maximum atomic E-state index is 9.81. The lowest BCUT2D eigenvalue weighted by atomic mass is 9.81. The van der Waals surface area contributed by atoms with Crippen molar-refractivity contribution in [3.8, 4) is 17.2 Å². The molecule has 1 aromatic rings. The lowest BCUT2D eigenvalue weighted by Crippen LogP contribution is -2.32. The molecule has 0 unspecified atom stereocenters. The second-order valence-corrected chi connectivity index (χ2v) is 4.90. The van der Waals surface area contributed by atoms with Crippen molar-refractivity contribution in [2.24, 2.45) is 11.1 Å². The first kappa shape index (κ1) is 14.6. The average Bonchev–Trinajstić information content (AvgIpc) is 2.38. The Morgan fingerprint density at radius 3 is 2.00 bits per heavy atom. The summed E-state index contributed by atoms with van der Waals surface area (Å²) in [6, 6.07) is 2.91. The number of benzene rings is 1. The summed E-state index contributed by atoms with van der Waals surface area (Å²) < 4.78 is 10.2. The van der Waals surface area contributed by atoms with Crippen molar-refractivity contribution in [1.82, 2.24) is 0 Å². The van der Waals surface area contributed by atoms with Gasteiger partial charge in [0.05, 0.1) is 14.2 Å². The zero-order valence-corrected chi connectivity index (χ0v) is 11.2. The van der Waals surface area contributed by atoms with Gasteiger partial charge in [-0.15, -0.1) is 0 Å². The van der Waals surface area contributed by atoms with E-state index in [9.17, 15) is 10.2 Å². The first-order chi connectivity index (χ1) is 8.37. The minimum atomic E-state index is -0.479. The van der Waals surface area contributed by atoms with Gasteiger partial charge in [-0.25, -0.2) is 0 Å². The van der Waals surface area contributed by atoms with E-state index in [0.717, 1.165) is 5.56 Å². The number of phenols is 1. The van der Waals surface area contributed by atoms with Gasteiger partial charge in [-0.05, 0) is 17.7 Å². The van der Waals surface area contributed by atoms with Crippen molar-refractivity contribution in [3.05, 3.63) is 17.7 Å². The molecule has 0 fully saturated rings. The Hall–Kier alpha value is -1.46. The fourth-order valence-electron chi connectivity index (χ4n) is 1.64. The van der Waals surface area contributed by atoms with E-state index >= 15 is 0 Å². The molecule has 0 spiro atoms. The monoisotopic (exact) mass is 255 g/mol. The van der Waals surface area contributed by atoms with E-state index in [1.807, 2.05) is 13.8 Å². The van der Waals surface area contributed by atoms with E-state index in [-0.39, 0.29) is 12.4 Å². The fraction of sp³-hybridized carbons (Fsp3) is 0.538. The lowest BCUT2D eigenvalue weighted by Gasteiger charge is -2.30. The van der Waals surface area contributed by atoms with Crippen LogP contribution in [-0.2, 0) is 0 Å². The van der Waals surface area contributed by atoms with Crippen LogP contribution in [0, 0.1) is 5.41 Å². The number of aliphatic hydroxyl groups is 1. The molecule has 4 N–H and O–H groups in total. The minimum absolute atomic E-state index is 0.0420. The molecule has 0 saturated heterocycles. The molecule has 0 aliphatic rings. The molecule has 0 radical (unpaired) electrons. The average molecular weight is 255 g/mol. The van der Waals surface area contributed by atoms with Gasteiger partial charge in [0, 0.05) is 18.1 Å². The van der Waals surface area contributed by atoms with Crippen molar-refractivity contribution in [2.45, 2.75) is 19.9 Å². The molecule has 18 heavy (non-hydrogen) atoms. The summed E-state index contributed by atoms with van der Waals surface area (Å²) in [5, 5.41) is 19.2. The van der Waals surface area contributed by atoms with Crippen LogP contribution >= 0.6 is 0 Å². The molecule has 5 heteroatoms. The second-order valence-electron chi connectivity index (χ2n) is 4.90. The lowest BCUT2D eigenvalue weighted by molar-refractivity contribution is 0.132. The highest BCUT2D eigenvalue weighted by atomic mass is 16.5. The Kier molecular flexibility index (Phi) is 4.43. The number of aliphatic hydroxyl groups excluding tert-OH is 1. The summed E-state index contributed by atoms with van der Waals surface area (Å²) in [4.78, 5) is 0. The molecule has 0 heterocycles. The molecule has 0 amide bonds. The van der Waals surface area contributed by atoms with Crippen LogP contribution in [0.1, 0.15) is 25.5 Å². The molecule has 1 rings (SSSR count). The summed E-state index contributed by atoms with van der Waals surface area (Å²) in [6.07, 6.45) is 0. The molecule has 1 atom stereocenters. The number of aromatic hydroxyl groups is 1. The molecular formula is C13H21NO4. The Morgan fingerprint density at radius 1 is 1.22 bits per heavy atom. The van der Waals surface area contributed by atoms with Crippen molar-refractivity contribution in [2.75, 3.05) is 20.8 Å². The SMILES string of the molecule is COc1cc([C@@H](N)C(C)(C)CO)cc(OC)c1O. The Labute approximate surface area is 107 Å². The summed E-state index contributed by atoms with van der Waals surface area (Å²) in [5.41, 5.74) is 6.39. The number of hydrogen-bond donors (Lipinski definition) is 3. The third kappa shape index (κ3) is 2.68. The van der Waals surface area contributed by atoms with Gasteiger partial charge < -0.3 is 25.4 Å². The molecule has 1 aromatic carbocycles. The van der Waals surface area contributed by atoms with E-state index in [4.69, 9.17) is 15.2 Å². The Bertz CT molecular complexity index is 392. The highest BCUT2D eigenvalue weighted by Crippen LogP contribution is 2.41. The highest BCUT2D eigenvalue weighted by Gasteiger charge is 2.28. The first-order valence-corrected chi connectivity index (χ1v) is 5.68. The van der Waals surface area contributed by atoms with Crippen LogP contribution in [-0.4, -0.2) is 31.0 Å². The van der Waals surface area contributed by atoms with E-state index < -0.39 is 11.5 Å². The summed E-state index contributed by atoms with van der Waals surface area (Å²) in [6.45, 7) is 3.69. The summed E-state index contributed by atoms with van der Waals surface area (Å²) in [7, 11) is 2.92. The van der Waals surface area contributed by atoms with Crippen LogP contribution in [0.3, 0.4) is 0 Å². The quantitative estimate of drug-likeness (QED) is 0.741. The van der Waals surface area contributed by atoms with Gasteiger partial charge in [0.15, 0.2) is 11.5 Å². The summed E-state index contributed by atoms with van der Waals surface area (Å²) >= 11 is 0. The van der Waals surface area contributed by atoms with Crippen LogP contribution in [0.4, 0.5) is 0 Å². The molecule has 102 valence electrons. The van der Waals surface area contributed by atoms with Crippen molar-refractivity contribution in [1.29, 1.82) is 0 Å². The van der Waals surface area contributed by atoms with Crippen LogP contribution in [0.5, 0.6) is 17.2 Å². The molecule has 0 bridgehead atoms. The van der Waals surface area contributed by atoms with E-state index in [1.165, 1.54) is 14.2 Å². The van der Waals surface area contributed by atoms with Crippen molar-refractivity contribution >= 4 is 0 Å². The van der Waals surface area contributed by atoms with E-state index in [2.05, 4.69) is 0 Å². The van der Waals surface area contributed by atoms with Crippen LogP contribution in [0.2, 0.25) is 0 Å². The minimum Gasteiger partial charge on any atom is -0.502 e. The number of phenolic OH excluding ortho intramolecular Hbond substituents is 1. The third-order valence-corrected chi connectivity index (χ3v) is 3.11. The Morgan fingerprint density at radius 2 is 1.67 bits per heavy atom. The maximum absolute atomic E-state index is 9.81. The van der Waals surface area contributed by atoms with Gasteiger partial charge in [0.25, 0.3) is 0 Å². The smallest absolute Gasteiger partial charge is 0.200 e. The number of methoxy groups -OCH3 is 2. The largest absolute Gasteiger partial charge is 0.502 e. The second kappa shape index (κ2) is 5.46. The number of hydrogen-bond acceptors (Lipinski definition) is 5. The predicted molar refractivity (Wildman–Crippen MR) is 69.0 cm³/mol. The third-order valence-electron chi connectivity index (χ3n) is 3.11. The fourth-order valence-corrected chi connectivity index (χ4v) is 1.64. The molecule has 0 aromatic heterocycles. The zero-order chi connectivity index (χ0) is 13.9. The molecule has 0 aliphatic heterocycles. The molecule has 0 aliphatic carbocycles. The normalized spacial score (nSPS) is 13.2. The Balaban J connectivity index is 3.25. The van der Waals surface area contributed by atoms with Crippen LogP contribution < -0.4 is 15.2 Å². The van der Waals surface area contributed by atoms with Crippen LogP contribution in [0.25, 0.3) is 0 Å². The summed E-state index contributed by atoms with van der Waals surface area (Å²) in [5.74, 6) is 0.542. The van der Waals surface area contributed by atoms with Crippen LogP contribution in [0.15, 0.2) is 12.1 Å². The number of nitrogens with two attached hydrogens (primary N) is 1. The van der Waals surface area contributed by atoms with Crippen molar-refractivity contribution in [3.63, 3.8) is 0 Å². The van der Waals surface area contributed by atoms with Gasteiger partial charge in [-0.2, -0.15) is 0 Å². The van der Waals surface area contributed by atoms with Gasteiger partial charge in [-0.1, -0.05) is 13.8 Å². The van der Waals surface area contributed by atoms with Crippen molar-refractivity contribution < 1.29 is 19.7 Å². The topological polar surface area (TPSA) is 84.9 Å². The van der Waals surface area contributed by atoms with Gasteiger partial charge in [0.2, 0.25) is 5.75 Å². The molecular weight excluding hydrogens is 234 g/mol. The van der Waals surface area contributed by atoms with E-state index in [1.54, 1.807) is 12.1 Å². The molecule has 5 nitrogen and oxygen atoms in total. The number of rotatable bonds is 5. The standard InChI is InChI=1S/C13H21NO4/c1-13(2,7-15)12(14)8-5-9(17-3)11(16)10(6-8)18-4/h5-6,12,15-16H,7,14H2,1-4H3/t12-/m1/s1. The van der Waals surface area contributed by atoms with Gasteiger partial charge in [-0.3, -0.25) is 0 Å². The maximum Gasteiger partial charge on any atom is 0.200 e. The first-order valence-electron chi connectivity index (χ1n) is 5.68. The van der Waals surface area contributed by atoms with E-state index in [0.29, 0.717) is 11.5 Å². The zero-order valence-electron chi connectivity index (χ0n) is 11.2. The van der Waals surface area contributed by atoms with Gasteiger partial charge >= 0.3 is 0 Å². The molecule has 0 saturated carbocycles. The number of ether oxygens (including phenoxy) is 2. The predicted octanol–water partition coefficient (Wildman–Crippen LogP) is 1.43. The highest BCUT2D eigenvalue weighted by molar-refractivity contribution is 5.53.